The number of hydrogen-bond donors (Lipinski definition) is 3. The van der Waals surface area contributed by atoms with E-state index in [9.17, 15) is 9.50 Å². The molecule has 0 amide bonds. The van der Waals surface area contributed by atoms with Gasteiger partial charge in [-0.2, -0.15) is 4.39 Å². The van der Waals surface area contributed by atoms with E-state index in [2.05, 4.69) is 0 Å². The maximum Gasteiger partial charge on any atom is 0.206 e. The van der Waals surface area contributed by atoms with Gasteiger partial charge in [0.25, 0.3) is 0 Å². The Morgan fingerprint density at radius 1 is 1.53 bits per heavy atom. The number of phenolic OH excluding ortho intramolecular Hbond substituents is 1. The third kappa shape index (κ3) is 2.57. The molecule has 4 N–H and O–H groups in total. The zero-order valence-electron chi connectivity index (χ0n) is 8.40. The summed E-state index contributed by atoms with van der Waals surface area (Å²) in [6, 6.07) is 2.20. The molecule has 1 atom stereocenters. The molecule has 0 saturated heterocycles. The standard InChI is InChI=1S/C10H14FNO3/c1-15-9-5-6(7(12)2-3-13)4-8(14)10(9)11/h4-5,7,13-14H,2-3,12H2,1H3. The van der Waals surface area contributed by atoms with Crippen LogP contribution in [-0.4, -0.2) is 23.9 Å². The largest absolute Gasteiger partial charge is 0.505 e. The Bertz CT molecular complexity index is 344. The monoisotopic (exact) mass is 215 g/mol. The second-order valence-corrected chi connectivity index (χ2v) is 3.18. The molecule has 0 saturated carbocycles. The number of benzene rings is 1. The third-order valence-electron chi connectivity index (χ3n) is 2.13. The lowest BCUT2D eigenvalue weighted by molar-refractivity contribution is 0.276. The average Bonchev–Trinajstić information content (AvgIpc) is 2.22. The highest BCUT2D eigenvalue weighted by molar-refractivity contribution is 5.40. The summed E-state index contributed by atoms with van der Waals surface area (Å²) in [4.78, 5) is 0. The van der Waals surface area contributed by atoms with Crippen molar-refractivity contribution in [3.8, 4) is 11.5 Å². The first kappa shape index (κ1) is 11.7. The van der Waals surface area contributed by atoms with E-state index in [-0.39, 0.29) is 12.4 Å². The van der Waals surface area contributed by atoms with Crippen molar-refractivity contribution in [2.45, 2.75) is 12.5 Å². The summed E-state index contributed by atoms with van der Waals surface area (Å²) < 4.78 is 17.9. The number of rotatable bonds is 4. The molecular weight excluding hydrogens is 201 g/mol. The van der Waals surface area contributed by atoms with Crippen molar-refractivity contribution in [3.05, 3.63) is 23.5 Å². The second-order valence-electron chi connectivity index (χ2n) is 3.18. The topological polar surface area (TPSA) is 75.7 Å². The summed E-state index contributed by atoms with van der Waals surface area (Å²) in [5.41, 5.74) is 6.23. The Kier molecular flexibility index (Phi) is 3.88. The van der Waals surface area contributed by atoms with Gasteiger partial charge >= 0.3 is 0 Å². The minimum Gasteiger partial charge on any atom is -0.505 e. The van der Waals surface area contributed by atoms with Gasteiger partial charge in [0.2, 0.25) is 5.82 Å². The van der Waals surface area contributed by atoms with Gasteiger partial charge in [-0.25, -0.2) is 0 Å². The summed E-state index contributed by atoms with van der Waals surface area (Å²) in [5, 5.41) is 18.0. The van der Waals surface area contributed by atoms with E-state index in [1.807, 2.05) is 0 Å². The molecule has 0 heterocycles. The van der Waals surface area contributed by atoms with E-state index in [0.29, 0.717) is 12.0 Å². The molecule has 0 spiro atoms. The van der Waals surface area contributed by atoms with Crippen molar-refractivity contribution in [3.63, 3.8) is 0 Å². The number of aliphatic hydroxyl groups excluding tert-OH is 1. The van der Waals surface area contributed by atoms with E-state index >= 15 is 0 Å². The van der Waals surface area contributed by atoms with Gasteiger partial charge in [0, 0.05) is 12.6 Å². The van der Waals surface area contributed by atoms with Gasteiger partial charge in [-0.15, -0.1) is 0 Å². The molecule has 15 heavy (non-hydrogen) atoms. The minimum atomic E-state index is -0.808. The predicted octanol–water partition coefficient (Wildman–Crippen LogP) is 0.922. The highest BCUT2D eigenvalue weighted by Crippen LogP contribution is 2.30. The first-order valence-corrected chi connectivity index (χ1v) is 4.53. The lowest BCUT2D eigenvalue weighted by Gasteiger charge is -2.13. The number of methoxy groups -OCH3 is 1. The molecule has 0 aromatic heterocycles. The molecule has 0 aliphatic rings. The van der Waals surface area contributed by atoms with Crippen molar-refractivity contribution in [1.29, 1.82) is 0 Å². The number of nitrogens with two attached hydrogens (primary N) is 1. The molecule has 1 aromatic rings. The number of ether oxygens (including phenoxy) is 1. The normalized spacial score (nSPS) is 12.5. The molecule has 0 aliphatic heterocycles. The average molecular weight is 215 g/mol. The van der Waals surface area contributed by atoms with Gasteiger partial charge in [0.15, 0.2) is 11.5 Å². The minimum absolute atomic E-state index is 0.0570. The van der Waals surface area contributed by atoms with E-state index in [1.165, 1.54) is 19.2 Å². The quantitative estimate of drug-likeness (QED) is 0.698. The second kappa shape index (κ2) is 4.95. The Morgan fingerprint density at radius 3 is 2.73 bits per heavy atom. The molecule has 0 bridgehead atoms. The van der Waals surface area contributed by atoms with Crippen LogP contribution in [0.2, 0.25) is 0 Å². The van der Waals surface area contributed by atoms with Crippen LogP contribution in [0.4, 0.5) is 4.39 Å². The highest BCUT2D eigenvalue weighted by atomic mass is 19.1. The number of aliphatic hydroxyl groups is 1. The van der Waals surface area contributed by atoms with Gasteiger partial charge in [-0.1, -0.05) is 0 Å². The number of aromatic hydroxyl groups is 1. The SMILES string of the molecule is COc1cc(C(N)CCO)cc(O)c1F. The van der Waals surface area contributed by atoms with Crippen LogP contribution in [0.5, 0.6) is 11.5 Å². The van der Waals surface area contributed by atoms with Crippen LogP contribution in [0, 0.1) is 5.82 Å². The van der Waals surface area contributed by atoms with Gasteiger partial charge in [-0.05, 0) is 24.1 Å². The summed E-state index contributed by atoms with van der Waals surface area (Å²) in [6.45, 7) is -0.0678. The number of halogens is 1. The molecule has 0 aliphatic carbocycles. The molecule has 1 rings (SSSR count). The van der Waals surface area contributed by atoms with Gasteiger partial charge < -0.3 is 20.7 Å². The van der Waals surface area contributed by atoms with Crippen LogP contribution in [0.3, 0.4) is 0 Å². The molecule has 1 unspecified atom stereocenters. The zero-order chi connectivity index (χ0) is 11.4. The molecule has 5 heteroatoms. The maximum absolute atomic E-state index is 13.2. The van der Waals surface area contributed by atoms with E-state index in [4.69, 9.17) is 15.6 Å². The van der Waals surface area contributed by atoms with E-state index in [0.717, 1.165) is 0 Å². The fourth-order valence-corrected chi connectivity index (χ4v) is 1.27. The zero-order valence-corrected chi connectivity index (χ0v) is 8.40. The summed E-state index contributed by atoms with van der Waals surface area (Å²) in [7, 11) is 1.30. The predicted molar refractivity (Wildman–Crippen MR) is 53.2 cm³/mol. The van der Waals surface area contributed by atoms with Crippen LogP contribution in [0.1, 0.15) is 18.0 Å². The maximum atomic E-state index is 13.2. The van der Waals surface area contributed by atoms with Crippen LogP contribution in [0.25, 0.3) is 0 Å². The summed E-state index contributed by atoms with van der Waals surface area (Å²) in [6.07, 6.45) is 0.341. The van der Waals surface area contributed by atoms with E-state index in [1.54, 1.807) is 0 Å². The Morgan fingerprint density at radius 2 is 2.20 bits per heavy atom. The van der Waals surface area contributed by atoms with E-state index < -0.39 is 17.6 Å². The van der Waals surface area contributed by atoms with Crippen molar-refractivity contribution >= 4 is 0 Å². The lowest BCUT2D eigenvalue weighted by Crippen LogP contribution is -2.12. The van der Waals surface area contributed by atoms with Gasteiger partial charge in [0.05, 0.1) is 7.11 Å². The fraction of sp³-hybridized carbons (Fsp3) is 0.400. The molecule has 0 radical (unpaired) electrons. The third-order valence-corrected chi connectivity index (χ3v) is 2.13. The number of phenols is 1. The molecule has 0 fully saturated rings. The highest BCUT2D eigenvalue weighted by Gasteiger charge is 2.14. The molecule has 4 nitrogen and oxygen atoms in total. The molecule has 84 valence electrons. The van der Waals surface area contributed by atoms with Crippen LogP contribution in [-0.2, 0) is 0 Å². The first-order chi connectivity index (χ1) is 7.10. The fourth-order valence-electron chi connectivity index (χ4n) is 1.27. The van der Waals surface area contributed by atoms with Crippen LogP contribution >= 0.6 is 0 Å². The number of hydrogen-bond acceptors (Lipinski definition) is 4. The Labute approximate surface area is 87.1 Å². The smallest absolute Gasteiger partial charge is 0.206 e. The van der Waals surface area contributed by atoms with Crippen LogP contribution < -0.4 is 10.5 Å². The molecular formula is C10H14FNO3. The summed E-state index contributed by atoms with van der Waals surface area (Å²) in [5.74, 6) is -1.37. The Balaban J connectivity index is 3.05. The van der Waals surface area contributed by atoms with Crippen molar-refractivity contribution in [1.82, 2.24) is 0 Å². The summed E-state index contributed by atoms with van der Waals surface area (Å²) >= 11 is 0. The first-order valence-electron chi connectivity index (χ1n) is 4.53. The van der Waals surface area contributed by atoms with Gasteiger partial charge in [0.1, 0.15) is 0 Å². The lowest BCUT2D eigenvalue weighted by atomic mass is 10.0. The van der Waals surface area contributed by atoms with Crippen molar-refractivity contribution in [2.75, 3.05) is 13.7 Å². The van der Waals surface area contributed by atoms with Crippen LogP contribution in [0.15, 0.2) is 12.1 Å². The molecule has 1 aromatic carbocycles. The van der Waals surface area contributed by atoms with Crippen molar-refractivity contribution in [2.24, 2.45) is 5.73 Å². The van der Waals surface area contributed by atoms with Gasteiger partial charge in [-0.3, -0.25) is 0 Å². The Hall–Kier alpha value is -1.33. The van der Waals surface area contributed by atoms with Crippen molar-refractivity contribution < 1.29 is 19.3 Å².